The normalized spacial score (nSPS) is 18.2. The van der Waals surface area contributed by atoms with Crippen LogP contribution in [0.15, 0.2) is 46.7 Å². The Kier molecular flexibility index (Phi) is 6.93. The Bertz CT molecular complexity index is 659. The lowest BCUT2D eigenvalue weighted by Crippen LogP contribution is -2.47. The van der Waals surface area contributed by atoms with Crippen molar-refractivity contribution in [3.8, 4) is 0 Å². The average Bonchev–Trinajstić information content (AvgIpc) is 3.13. The summed E-state index contributed by atoms with van der Waals surface area (Å²) < 4.78 is 0. The number of likely N-dealkylation sites (tertiary alicyclic amines) is 1. The first kappa shape index (κ1) is 18.5. The van der Waals surface area contributed by atoms with Gasteiger partial charge in [0.1, 0.15) is 0 Å². The topological polar surface area (TPSA) is 52.6 Å². The molecule has 1 fully saturated rings. The van der Waals surface area contributed by atoms with E-state index in [9.17, 15) is 4.79 Å². The van der Waals surface area contributed by atoms with Crippen LogP contribution in [0.1, 0.15) is 28.1 Å². The maximum atomic E-state index is 12.5. The zero-order valence-electron chi connectivity index (χ0n) is 14.2. The second-order valence-electron chi connectivity index (χ2n) is 6.22. The molecular weight excluding hydrogens is 352 g/mol. The minimum atomic E-state index is 0.00156. The van der Waals surface area contributed by atoms with Gasteiger partial charge < -0.3 is 10.4 Å². The van der Waals surface area contributed by atoms with E-state index in [1.807, 2.05) is 24.3 Å². The summed E-state index contributed by atoms with van der Waals surface area (Å²) >= 11 is 3.38. The molecule has 0 aliphatic carbocycles. The Morgan fingerprint density at radius 2 is 2.16 bits per heavy atom. The molecule has 1 aliphatic rings. The molecule has 1 atom stereocenters. The molecule has 2 N–H and O–H groups in total. The predicted molar refractivity (Wildman–Crippen MR) is 104 cm³/mol. The van der Waals surface area contributed by atoms with Crippen LogP contribution >= 0.6 is 23.1 Å². The summed E-state index contributed by atoms with van der Waals surface area (Å²) in [6.07, 6.45) is 2.16. The molecular formula is C19H24N2O2S2. The van der Waals surface area contributed by atoms with Gasteiger partial charge in [-0.05, 0) is 55.1 Å². The number of rotatable bonds is 7. The van der Waals surface area contributed by atoms with E-state index in [-0.39, 0.29) is 18.6 Å². The number of nitrogens with zero attached hydrogens (tertiary/aromatic N) is 1. The molecule has 0 radical (unpaired) electrons. The van der Waals surface area contributed by atoms with Gasteiger partial charge >= 0.3 is 0 Å². The van der Waals surface area contributed by atoms with E-state index < -0.39 is 0 Å². The van der Waals surface area contributed by atoms with Crippen LogP contribution in [0.4, 0.5) is 0 Å². The van der Waals surface area contributed by atoms with Crippen LogP contribution in [-0.4, -0.2) is 47.4 Å². The van der Waals surface area contributed by atoms with Gasteiger partial charge in [-0.25, -0.2) is 0 Å². The van der Waals surface area contributed by atoms with Crippen LogP contribution in [0.3, 0.4) is 0 Å². The molecule has 0 bridgehead atoms. The van der Waals surface area contributed by atoms with Crippen LogP contribution in [0.25, 0.3) is 0 Å². The Morgan fingerprint density at radius 1 is 1.32 bits per heavy atom. The number of thiophene rings is 1. The molecule has 0 saturated carbocycles. The minimum Gasteiger partial charge on any atom is -0.396 e. The Balaban J connectivity index is 1.51. The molecule has 25 heavy (non-hydrogen) atoms. The smallest absolute Gasteiger partial charge is 0.251 e. The molecule has 1 aliphatic heterocycles. The zero-order chi connectivity index (χ0) is 17.5. The summed E-state index contributed by atoms with van der Waals surface area (Å²) in [6, 6.07) is 12.1. The lowest BCUT2D eigenvalue weighted by atomic mass is 10.0. The van der Waals surface area contributed by atoms with Crippen molar-refractivity contribution >= 4 is 29.0 Å². The van der Waals surface area contributed by atoms with Gasteiger partial charge in [0, 0.05) is 40.2 Å². The van der Waals surface area contributed by atoms with E-state index in [0.717, 1.165) is 37.4 Å². The van der Waals surface area contributed by atoms with Gasteiger partial charge in [-0.15, -0.1) is 23.1 Å². The van der Waals surface area contributed by atoms with Gasteiger partial charge in [0.2, 0.25) is 0 Å². The third kappa shape index (κ3) is 5.57. The monoisotopic (exact) mass is 376 g/mol. The number of piperidine rings is 1. The van der Waals surface area contributed by atoms with Crippen molar-refractivity contribution in [1.82, 2.24) is 10.2 Å². The number of aliphatic hydroxyl groups excluding tert-OH is 1. The largest absolute Gasteiger partial charge is 0.396 e. The molecule has 1 aromatic heterocycles. The Morgan fingerprint density at radius 3 is 2.88 bits per heavy atom. The molecule has 0 unspecified atom stereocenters. The third-order valence-corrected chi connectivity index (χ3v) is 6.13. The van der Waals surface area contributed by atoms with E-state index in [0.29, 0.717) is 11.3 Å². The highest BCUT2D eigenvalue weighted by molar-refractivity contribution is 7.99. The summed E-state index contributed by atoms with van der Waals surface area (Å²) in [7, 11) is 0. The first-order valence-corrected chi connectivity index (χ1v) is 10.5. The van der Waals surface area contributed by atoms with E-state index in [4.69, 9.17) is 5.11 Å². The fourth-order valence-corrected chi connectivity index (χ4v) is 4.48. The van der Waals surface area contributed by atoms with Gasteiger partial charge in [0.25, 0.3) is 5.91 Å². The van der Waals surface area contributed by atoms with E-state index in [2.05, 4.69) is 27.7 Å². The number of carbonyl (C=O) groups is 1. The molecule has 1 aromatic carbocycles. The highest BCUT2D eigenvalue weighted by atomic mass is 32.2. The number of hydrogen-bond acceptors (Lipinski definition) is 5. The minimum absolute atomic E-state index is 0.00156. The maximum absolute atomic E-state index is 12.5. The SMILES string of the molecule is O=C(N[C@H]1CCCN(Cc2cccs2)C1)c1ccc(SCCO)cc1. The molecule has 2 aromatic rings. The molecule has 3 rings (SSSR count). The van der Waals surface area contributed by atoms with Crippen LogP contribution in [0.2, 0.25) is 0 Å². The molecule has 4 nitrogen and oxygen atoms in total. The van der Waals surface area contributed by atoms with Crippen LogP contribution in [-0.2, 0) is 6.54 Å². The van der Waals surface area contributed by atoms with Crippen molar-refractivity contribution in [2.24, 2.45) is 0 Å². The van der Waals surface area contributed by atoms with Crippen molar-refractivity contribution in [3.63, 3.8) is 0 Å². The molecule has 2 heterocycles. The van der Waals surface area contributed by atoms with Gasteiger partial charge in [-0.3, -0.25) is 9.69 Å². The van der Waals surface area contributed by atoms with E-state index in [1.54, 1.807) is 23.1 Å². The summed E-state index contributed by atoms with van der Waals surface area (Å²) in [4.78, 5) is 17.4. The highest BCUT2D eigenvalue weighted by Crippen LogP contribution is 2.19. The van der Waals surface area contributed by atoms with Crippen molar-refractivity contribution in [3.05, 3.63) is 52.2 Å². The predicted octanol–water partition coefficient (Wildman–Crippen LogP) is 3.23. The van der Waals surface area contributed by atoms with Gasteiger partial charge in [-0.1, -0.05) is 6.07 Å². The number of amides is 1. The van der Waals surface area contributed by atoms with E-state index >= 15 is 0 Å². The molecule has 1 amide bonds. The van der Waals surface area contributed by atoms with Crippen LogP contribution in [0.5, 0.6) is 0 Å². The number of aliphatic hydroxyl groups is 1. The second-order valence-corrected chi connectivity index (χ2v) is 8.42. The summed E-state index contributed by atoms with van der Waals surface area (Å²) in [5.41, 5.74) is 0.698. The van der Waals surface area contributed by atoms with Gasteiger partial charge in [-0.2, -0.15) is 0 Å². The first-order chi connectivity index (χ1) is 12.2. The van der Waals surface area contributed by atoms with Crippen molar-refractivity contribution in [2.75, 3.05) is 25.4 Å². The lowest BCUT2D eigenvalue weighted by Gasteiger charge is -2.32. The zero-order valence-corrected chi connectivity index (χ0v) is 15.8. The number of carbonyl (C=O) groups excluding carboxylic acids is 1. The van der Waals surface area contributed by atoms with Crippen molar-refractivity contribution in [1.29, 1.82) is 0 Å². The number of thioether (sulfide) groups is 1. The lowest BCUT2D eigenvalue weighted by molar-refractivity contribution is 0.0901. The van der Waals surface area contributed by atoms with Crippen molar-refractivity contribution in [2.45, 2.75) is 30.3 Å². The molecule has 134 valence electrons. The van der Waals surface area contributed by atoms with Gasteiger partial charge in [0.05, 0.1) is 6.61 Å². The van der Waals surface area contributed by atoms with Crippen LogP contribution in [0, 0.1) is 0 Å². The molecule has 1 saturated heterocycles. The summed E-state index contributed by atoms with van der Waals surface area (Å²) in [5.74, 6) is 0.676. The fraction of sp³-hybridized carbons (Fsp3) is 0.421. The average molecular weight is 377 g/mol. The second kappa shape index (κ2) is 9.38. The number of benzene rings is 1. The third-order valence-electron chi connectivity index (χ3n) is 4.28. The molecule has 6 heteroatoms. The molecule has 0 spiro atoms. The van der Waals surface area contributed by atoms with Crippen molar-refractivity contribution < 1.29 is 9.90 Å². The quantitative estimate of drug-likeness (QED) is 0.729. The Hall–Kier alpha value is -1.34. The highest BCUT2D eigenvalue weighted by Gasteiger charge is 2.22. The standard InChI is InChI=1S/C19H24N2O2S2/c22-10-12-25-17-7-5-15(6-8-17)19(23)20-16-3-1-9-21(13-16)14-18-4-2-11-24-18/h2,4-8,11,16,22H,1,3,9-10,12-14H2,(H,20,23)/t16-/m0/s1. The fourth-order valence-electron chi connectivity index (χ4n) is 3.07. The number of hydrogen-bond donors (Lipinski definition) is 2. The Labute approximate surface area is 157 Å². The van der Waals surface area contributed by atoms with Gasteiger partial charge in [0.15, 0.2) is 0 Å². The van der Waals surface area contributed by atoms with E-state index in [1.165, 1.54) is 4.88 Å². The maximum Gasteiger partial charge on any atom is 0.251 e. The summed E-state index contributed by atoms with van der Waals surface area (Å²) in [5, 5.41) is 14.2. The first-order valence-electron chi connectivity index (χ1n) is 8.64. The summed E-state index contributed by atoms with van der Waals surface area (Å²) in [6.45, 7) is 3.15. The number of nitrogens with one attached hydrogen (secondary N) is 1. The van der Waals surface area contributed by atoms with Crippen LogP contribution < -0.4 is 5.32 Å².